The van der Waals surface area contributed by atoms with Gasteiger partial charge in [-0.1, -0.05) is 0 Å². The third-order valence-electron chi connectivity index (χ3n) is 3.51. The van der Waals surface area contributed by atoms with E-state index in [1.54, 1.807) is 0 Å². The minimum absolute atomic E-state index is 0.821. The number of hydrogen-bond donors (Lipinski definition) is 0. The van der Waals surface area contributed by atoms with Gasteiger partial charge in [-0.05, 0) is 101 Å². The number of halogens is 2. The normalized spacial score (nSPS) is 11.0. The van der Waals surface area contributed by atoms with Crippen molar-refractivity contribution in [3.8, 4) is 11.5 Å². The summed E-state index contributed by atoms with van der Waals surface area (Å²) >= 11 is 5.82. The zero-order valence-electron chi connectivity index (χ0n) is 13.7. The lowest BCUT2D eigenvalue weighted by molar-refractivity contribution is 0.478. The molecule has 0 aliphatic heterocycles. The van der Waals surface area contributed by atoms with Crippen LogP contribution in [-0.4, -0.2) is 24.8 Å². The molecular weight excluding hydrogens is 467 g/mol. The molecule has 3 nitrogen and oxygen atoms in total. The first-order valence-electron chi connectivity index (χ1n) is 7.39. The zero-order chi connectivity index (χ0) is 17.0. The maximum atomic E-state index is 6.03. The number of nitrogens with zero attached hydrogens (tertiary/aromatic N) is 2. The molecule has 0 saturated carbocycles. The predicted octanol–water partition coefficient (Wildman–Crippen LogP) is 6.07. The smallest absolute Gasteiger partial charge is 0.130 e. The van der Waals surface area contributed by atoms with E-state index in [1.807, 2.05) is 49.5 Å². The fraction of sp³-hybridized carbons (Fsp3) is 0.278. The molecule has 0 aliphatic rings. The molecule has 0 heterocycles. The van der Waals surface area contributed by atoms with Gasteiger partial charge in [0, 0.05) is 21.6 Å². The zero-order valence-corrected chi connectivity index (χ0v) is 17.5. The maximum Gasteiger partial charge on any atom is 0.130 e. The first-order valence-corrected chi connectivity index (χ1v) is 9.26. The van der Waals surface area contributed by atoms with Crippen molar-refractivity contribution in [2.75, 3.05) is 13.6 Å². The van der Waals surface area contributed by atoms with E-state index >= 15 is 0 Å². The number of benzene rings is 2. The summed E-state index contributed by atoms with van der Waals surface area (Å²) in [5, 5.41) is 0. The molecule has 0 spiro atoms. The van der Waals surface area contributed by atoms with E-state index < -0.39 is 0 Å². The Balaban J connectivity index is 2.25. The van der Waals surface area contributed by atoms with Gasteiger partial charge < -0.3 is 9.64 Å². The van der Waals surface area contributed by atoms with E-state index in [0.29, 0.717) is 0 Å². The Morgan fingerprint density at radius 2 is 1.96 bits per heavy atom. The Kier molecular flexibility index (Phi) is 6.47. The highest BCUT2D eigenvalue weighted by atomic mass is 127. The number of aliphatic imine (C=N–C) groups is 1. The molecule has 0 amide bonds. The minimum atomic E-state index is 0.821. The molecule has 0 aliphatic carbocycles. The van der Waals surface area contributed by atoms with Crippen molar-refractivity contribution in [2.24, 2.45) is 4.99 Å². The summed E-state index contributed by atoms with van der Waals surface area (Å²) in [4.78, 5) is 6.59. The summed E-state index contributed by atoms with van der Waals surface area (Å²) in [6.07, 6.45) is 1.86. The first kappa shape index (κ1) is 18.3. The van der Waals surface area contributed by atoms with Crippen LogP contribution >= 0.6 is 38.5 Å². The monoisotopic (exact) mass is 486 g/mol. The Labute approximate surface area is 160 Å². The highest BCUT2D eigenvalue weighted by Crippen LogP contribution is 2.33. The van der Waals surface area contributed by atoms with E-state index in [1.165, 1.54) is 0 Å². The van der Waals surface area contributed by atoms with Crippen molar-refractivity contribution in [1.82, 2.24) is 4.90 Å². The lowest BCUT2D eigenvalue weighted by Crippen LogP contribution is -2.14. The van der Waals surface area contributed by atoms with Gasteiger partial charge in [0.15, 0.2) is 0 Å². The van der Waals surface area contributed by atoms with Crippen molar-refractivity contribution >= 4 is 50.5 Å². The van der Waals surface area contributed by atoms with Crippen LogP contribution < -0.4 is 4.74 Å². The first-order chi connectivity index (χ1) is 10.9. The molecule has 0 atom stereocenters. The summed E-state index contributed by atoms with van der Waals surface area (Å²) in [5.41, 5.74) is 3.13. The Morgan fingerprint density at radius 3 is 2.61 bits per heavy atom. The molecule has 2 aromatic carbocycles. The average Bonchev–Trinajstić information content (AvgIpc) is 2.52. The predicted molar refractivity (Wildman–Crippen MR) is 109 cm³/mol. The molecule has 0 bridgehead atoms. The molecular formula is C18H20BrIN2O. The van der Waals surface area contributed by atoms with Crippen LogP contribution in [0.3, 0.4) is 0 Å². The average molecular weight is 487 g/mol. The Hall–Kier alpha value is -1.08. The second-order valence-electron chi connectivity index (χ2n) is 5.40. The topological polar surface area (TPSA) is 24.8 Å². The fourth-order valence-electron chi connectivity index (χ4n) is 1.93. The quantitative estimate of drug-likeness (QED) is 0.291. The van der Waals surface area contributed by atoms with E-state index in [-0.39, 0.29) is 0 Å². The van der Waals surface area contributed by atoms with Crippen LogP contribution in [0.1, 0.15) is 18.1 Å². The second kappa shape index (κ2) is 8.15. The number of hydrogen-bond acceptors (Lipinski definition) is 2. The second-order valence-corrected chi connectivity index (χ2v) is 7.42. The summed E-state index contributed by atoms with van der Waals surface area (Å²) in [5.74, 6) is 1.68. The van der Waals surface area contributed by atoms with Crippen molar-refractivity contribution in [1.29, 1.82) is 0 Å². The molecule has 0 fully saturated rings. The largest absolute Gasteiger partial charge is 0.457 e. The van der Waals surface area contributed by atoms with Gasteiger partial charge in [-0.15, -0.1) is 0 Å². The molecule has 23 heavy (non-hydrogen) atoms. The van der Waals surface area contributed by atoms with Gasteiger partial charge in [-0.3, -0.25) is 0 Å². The van der Waals surface area contributed by atoms with E-state index in [0.717, 1.165) is 42.9 Å². The van der Waals surface area contributed by atoms with Crippen molar-refractivity contribution in [3.05, 3.63) is 49.5 Å². The molecule has 0 saturated heterocycles. The SMILES string of the molecule is CCN(C)/C=N/c1cc(C)c(Oc2ccc(I)c(Br)c2)cc1C. The third kappa shape index (κ3) is 4.94. The summed E-state index contributed by atoms with van der Waals surface area (Å²) in [6, 6.07) is 10.1. The highest BCUT2D eigenvalue weighted by Gasteiger charge is 2.07. The Morgan fingerprint density at radius 1 is 1.22 bits per heavy atom. The number of ether oxygens (including phenoxy) is 1. The van der Waals surface area contributed by atoms with Gasteiger partial charge in [0.05, 0.1) is 12.0 Å². The Bertz CT molecular complexity index is 731. The van der Waals surface area contributed by atoms with Crippen LogP contribution in [0.25, 0.3) is 0 Å². The van der Waals surface area contributed by atoms with Gasteiger partial charge in [-0.25, -0.2) is 4.99 Å². The minimum Gasteiger partial charge on any atom is -0.457 e. The number of aryl methyl sites for hydroxylation is 2. The molecule has 5 heteroatoms. The maximum absolute atomic E-state index is 6.03. The van der Waals surface area contributed by atoms with Gasteiger partial charge >= 0.3 is 0 Å². The van der Waals surface area contributed by atoms with E-state index in [9.17, 15) is 0 Å². The molecule has 0 aromatic heterocycles. The summed E-state index contributed by atoms with van der Waals surface area (Å²) < 4.78 is 8.23. The third-order valence-corrected chi connectivity index (χ3v) is 5.84. The lowest BCUT2D eigenvalue weighted by Gasteiger charge is -2.13. The standard InChI is InChI=1S/C18H20BrIN2O/c1-5-22(4)11-21-17-8-13(3)18(9-12(17)2)23-14-6-7-16(20)15(19)10-14/h6-11H,5H2,1-4H3/b21-11+. The molecule has 2 aromatic rings. The van der Waals surface area contributed by atoms with Crippen LogP contribution in [0.2, 0.25) is 0 Å². The van der Waals surface area contributed by atoms with E-state index in [2.05, 4.69) is 63.4 Å². The van der Waals surface area contributed by atoms with Gasteiger partial charge in [0.1, 0.15) is 11.5 Å². The van der Waals surface area contributed by atoms with E-state index in [4.69, 9.17) is 4.74 Å². The molecule has 0 radical (unpaired) electrons. The van der Waals surface area contributed by atoms with Crippen LogP contribution in [0.15, 0.2) is 39.8 Å². The number of rotatable bonds is 5. The fourth-order valence-corrected chi connectivity index (χ4v) is 2.63. The lowest BCUT2D eigenvalue weighted by atomic mass is 10.1. The van der Waals surface area contributed by atoms with Crippen molar-refractivity contribution < 1.29 is 4.74 Å². The molecule has 0 unspecified atom stereocenters. The van der Waals surface area contributed by atoms with Crippen LogP contribution in [0.4, 0.5) is 5.69 Å². The van der Waals surface area contributed by atoms with Crippen molar-refractivity contribution in [2.45, 2.75) is 20.8 Å². The van der Waals surface area contributed by atoms with Crippen molar-refractivity contribution in [3.63, 3.8) is 0 Å². The van der Waals surface area contributed by atoms with Gasteiger partial charge in [0.25, 0.3) is 0 Å². The van der Waals surface area contributed by atoms with Crippen LogP contribution in [0, 0.1) is 17.4 Å². The summed E-state index contributed by atoms with van der Waals surface area (Å²) in [7, 11) is 2.01. The molecule has 0 N–H and O–H groups in total. The molecule has 2 rings (SSSR count). The highest BCUT2D eigenvalue weighted by molar-refractivity contribution is 14.1. The van der Waals surface area contributed by atoms with Crippen LogP contribution in [0.5, 0.6) is 11.5 Å². The molecule has 122 valence electrons. The van der Waals surface area contributed by atoms with Gasteiger partial charge in [-0.2, -0.15) is 0 Å². The summed E-state index contributed by atoms with van der Waals surface area (Å²) in [6.45, 7) is 7.12. The van der Waals surface area contributed by atoms with Crippen LogP contribution in [-0.2, 0) is 0 Å². The van der Waals surface area contributed by atoms with Gasteiger partial charge in [0.2, 0.25) is 0 Å².